The minimum Gasteiger partial charge on any atom is -0.480 e. The number of hydrogen-bond donors (Lipinski definition) is 0. The van der Waals surface area contributed by atoms with Gasteiger partial charge in [0.1, 0.15) is 17.2 Å². The normalized spacial score (nSPS) is 17.6. The maximum Gasteiger partial charge on any atom is 0.259 e. The highest BCUT2D eigenvalue weighted by Crippen LogP contribution is 2.33. The van der Waals surface area contributed by atoms with Gasteiger partial charge in [-0.3, -0.25) is 4.79 Å². The number of amides is 1. The summed E-state index contributed by atoms with van der Waals surface area (Å²) in [6.45, 7) is 0.527. The van der Waals surface area contributed by atoms with Crippen LogP contribution in [0, 0.1) is 11.6 Å². The Labute approximate surface area is 139 Å². The molecule has 0 radical (unpaired) electrons. The zero-order valence-corrected chi connectivity index (χ0v) is 13.3. The number of ether oxygens (including phenoxy) is 1. The Kier molecular flexibility index (Phi) is 4.74. The van der Waals surface area contributed by atoms with E-state index in [4.69, 9.17) is 4.74 Å². The molecule has 4 nitrogen and oxygen atoms in total. The number of likely N-dealkylation sites (tertiary alicyclic amines) is 1. The molecule has 0 spiro atoms. The average molecular weight is 332 g/mol. The van der Waals surface area contributed by atoms with Gasteiger partial charge in [-0.15, -0.1) is 0 Å². The molecule has 1 aliphatic heterocycles. The predicted molar refractivity (Wildman–Crippen MR) is 84.8 cm³/mol. The van der Waals surface area contributed by atoms with E-state index < -0.39 is 5.82 Å². The van der Waals surface area contributed by atoms with E-state index >= 15 is 0 Å². The fraction of sp³-hybridized carbons (Fsp3) is 0.333. The van der Waals surface area contributed by atoms with Crippen LogP contribution >= 0.6 is 0 Å². The Hall–Kier alpha value is -2.50. The van der Waals surface area contributed by atoms with Crippen LogP contribution in [0.25, 0.3) is 0 Å². The van der Waals surface area contributed by atoms with Gasteiger partial charge in [-0.25, -0.2) is 13.8 Å². The number of methoxy groups -OCH3 is 1. The fourth-order valence-electron chi connectivity index (χ4n) is 3.13. The highest BCUT2D eigenvalue weighted by molar-refractivity contribution is 5.96. The number of halogens is 2. The molecule has 2 heterocycles. The van der Waals surface area contributed by atoms with Crippen molar-refractivity contribution in [2.45, 2.75) is 25.3 Å². The van der Waals surface area contributed by atoms with Crippen LogP contribution in [0.2, 0.25) is 0 Å². The molecule has 1 atom stereocenters. The Morgan fingerprint density at radius 2 is 2.08 bits per heavy atom. The molecule has 126 valence electrons. The summed E-state index contributed by atoms with van der Waals surface area (Å²) in [5, 5.41) is 0. The van der Waals surface area contributed by atoms with Crippen LogP contribution < -0.4 is 4.74 Å². The number of nitrogens with zero attached hydrogens (tertiary/aromatic N) is 2. The van der Waals surface area contributed by atoms with Crippen LogP contribution in [0.3, 0.4) is 0 Å². The van der Waals surface area contributed by atoms with E-state index in [1.165, 1.54) is 19.2 Å². The first-order valence-electron chi connectivity index (χ1n) is 7.86. The second kappa shape index (κ2) is 6.95. The van der Waals surface area contributed by atoms with Crippen molar-refractivity contribution in [3.63, 3.8) is 0 Å². The van der Waals surface area contributed by atoms with Crippen molar-refractivity contribution < 1.29 is 18.3 Å². The molecule has 0 bridgehead atoms. The van der Waals surface area contributed by atoms with Crippen molar-refractivity contribution in [2.24, 2.45) is 0 Å². The standard InChI is InChI=1S/C18H18F2N2O2/c1-24-17-15(10-14(20)11-21-17)18(23)22-8-3-2-7-16(22)12-5-4-6-13(19)9-12/h4-6,9-11,16H,2-3,7-8H2,1H3. The lowest BCUT2D eigenvalue weighted by atomic mass is 9.94. The van der Waals surface area contributed by atoms with Gasteiger partial charge in [-0.2, -0.15) is 0 Å². The quantitative estimate of drug-likeness (QED) is 0.860. The number of rotatable bonds is 3. The molecular weight excluding hydrogens is 314 g/mol. The van der Waals surface area contributed by atoms with E-state index in [0.717, 1.165) is 37.1 Å². The van der Waals surface area contributed by atoms with Gasteiger partial charge in [0.15, 0.2) is 0 Å². The van der Waals surface area contributed by atoms with Crippen LogP contribution in [0.4, 0.5) is 8.78 Å². The fourth-order valence-corrected chi connectivity index (χ4v) is 3.13. The number of pyridine rings is 1. The topological polar surface area (TPSA) is 42.4 Å². The summed E-state index contributed by atoms with van der Waals surface area (Å²) < 4.78 is 32.2. The van der Waals surface area contributed by atoms with Crippen molar-refractivity contribution in [3.05, 3.63) is 59.3 Å². The van der Waals surface area contributed by atoms with E-state index in [9.17, 15) is 13.6 Å². The molecule has 1 saturated heterocycles. The third kappa shape index (κ3) is 3.22. The van der Waals surface area contributed by atoms with Crippen molar-refractivity contribution in [1.29, 1.82) is 0 Å². The Morgan fingerprint density at radius 1 is 1.25 bits per heavy atom. The third-order valence-electron chi connectivity index (χ3n) is 4.24. The maximum absolute atomic E-state index is 13.6. The Bertz CT molecular complexity index is 752. The molecule has 1 aliphatic rings. The summed E-state index contributed by atoms with van der Waals surface area (Å²) in [6, 6.07) is 7.14. The highest BCUT2D eigenvalue weighted by Gasteiger charge is 2.31. The summed E-state index contributed by atoms with van der Waals surface area (Å²) in [7, 11) is 1.39. The van der Waals surface area contributed by atoms with Crippen LogP contribution in [0.5, 0.6) is 5.88 Å². The SMILES string of the molecule is COc1ncc(F)cc1C(=O)N1CCCCC1c1cccc(F)c1. The first-order chi connectivity index (χ1) is 11.6. The number of carbonyl (C=O) groups excluding carboxylic acids is 1. The van der Waals surface area contributed by atoms with E-state index in [2.05, 4.69) is 4.98 Å². The molecule has 1 amide bonds. The monoisotopic (exact) mass is 332 g/mol. The summed E-state index contributed by atoms with van der Waals surface area (Å²) in [4.78, 5) is 18.4. The molecule has 3 rings (SSSR count). The van der Waals surface area contributed by atoms with Gasteiger partial charge in [0.05, 0.1) is 19.3 Å². The largest absolute Gasteiger partial charge is 0.480 e. The molecule has 0 saturated carbocycles. The van der Waals surface area contributed by atoms with Crippen LogP contribution in [0.1, 0.15) is 41.2 Å². The minimum absolute atomic E-state index is 0.0841. The van der Waals surface area contributed by atoms with E-state index in [1.54, 1.807) is 17.0 Å². The summed E-state index contributed by atoms with van der Waals surface area (Å²) in [5.74, 6) is -1.20. The molecule has 6 heteroatoms. The molecule has 1 aromatic carbocycles. The van der Waals surface area contributed by atoms with Crippen molar-refractivity contribution in [3.8, 4) is 5.88 Å². The molecule has 24 heavy (non-hydrogen) atoms. The van der Waals surface area contributed by atoms with Crippen LogP contribution in [-0.4, -0.2) is 29.4 Å². The number of hydrogen-bond acceptors (Lipinski definition) is 3. The summed E-state index contributed by atoms with van der Waals surface area (Å²) in [5.41, 5.74) is 0.826. The number of aromatic nitrogens is 1. The van der Waals surface area contributed by atoms with Gasteiger partial charge in [0, 0.05) is 6.54 Å². The second-order valence-corrected chi connectivity index (χ2v) is 5.78. The van der Waals surface area contributed by atoms with Crippen molar-refractivity contribution in [2.75, 3.05) is 13.7 Å². The smallest absolute Gasteiger partial charge is 0.259 e. The van der Waals surface area contributed by atoms with Crippen molar-refractivity contribution >= 4 is 5.91 Å². The predicted octanol–water partition coefficient (Wildman–Crippen LogP) is 3.74. The average Bonchev–Trinajstić information content (AvgIpc) is 2.61. The number of carbonyl (C=O) groups is 1. The third-order valence-corrected chi connectivity index (χ3v) is 4.24. The molecule has 0 aliphatic carbocycles. The van der Waals surface area contributed by atoms with E-state index in [-0.39, 0.29) is 29.2 Å². The zero-order valence-electron chi connectivity index (χ0n) is 13.3. The summed E-state index contributed by atoms with van der Waals surface area (Å²) in [6.07, 6.45) is 3.54. The number of benzene rings is 1. The van der Waals surface area contributed by atoms with Crippen molar-refractivity contribution in [1.82, 2.24) is 9.88 Å². The molecule has 1 unspecified atom stereocenters. The van der Waals surface area contributed by atoms with Gasteiger partial charge in [0.25, 0.3) is 5.91 Å². The lowest BCUT2D eigenvalue weighted by Crippen LogP contribution is -2.38. The van der Waals surface area contributed by atoms with Gasteiger partial charge >= 0.3 is 0 Å². The molecule has 1 fully saturated rings. The van der Waals surface area contributed by atoms with Crippen LogP contribution in [0.15, 0.2) is 36.5 Å². The second-order valence-electron chi connectivity index (χ2n) is 5.78. The molecule has 1 aromatic heterocycles. The highest BCUT2D eigenvalue weighted by atomic mass is 19.1. The molecule has 2 aromatic rings. The van der Waals surface area contributed by atoms with Crippen LogP contribution in [-0.2, 0) is 0 Å². The van der Waals surface area contributed by atoms with E-state index in [1.807, 2.05) is 0 Å². The first-order valence-corrected chi connectivity index (χ1v) is 7.86. The Balaban J connectivity index is 1.96. The first kappa shape index (κ1) is 16.4. The zero-order chi connectivity index (χ0) is 17.1. The lowest BCUT2D eigenvalue weighted by molar-refractivity contribution is 0.0606. The van der Waals surface area contributed by atoms with Gasteiger partial charge < -0.3 is 9.64 Å². The van der Waals surface area contributed by atoms with Gasteiger partial charge in [0.2, 0.25) is 5.88 Å². The minimum atomic E-state index is -0.599. The molecule has 0 N–H and O–H groups in total. The number of piperidine rings is 1. The van der Waals surface area contributed by atoms with E-state index in [0.29, 0.717) is 6.54 Å². The lowest BCUT2D eigenvalue weighted by Gasteiger charge is -2.36. The van der Waals surface area contributed by atoms with Gasteiger partial charge in [-0.05, 0) is 43.0 Å². The summed E-state index contributed by atoms with van der Waals surface area (Å²) >= 11 is 0. The molecular formula is C18H18F2N2O2. The van der Waals surface area contributed by atoms with Gasteiger partial charge in [-0.1, -0.05) is 12.1 Å². The maximum atomic E-state index is 13.6. The Morgan fingerprint density at radius 3 is 2.83 bits per heavy atom.